The fraction of sp³-hybridized carbons (Fsp3) is 0.412. The minimum absolute atomic E-state index is 0.243. The van der Waals surface area contributed by atoms with Crippen molar-refractivity contribution in [2.24, 2.45) is 5.41 Å². The molecule has 0 fully saturated rings. The molecule has 1 aliphatic rings. The maximum Gasteiger partial charge on any atom is 0.160 e. The lowest BCUT2D eigenvalue weighted by atomic mass is 9.74. The fourth-order valence-electron chi connectivity index (χ4n) is 3.08. The lowest BCUT2D eigenvalue weighted by molar-refractivity contribution is 0.260. The maximum atomic E-state index is 6.26. The molecule has 0 bridgehead atoms. The maximum absolute atomic E-state index is 6.26. The third-order valence-corrected chi connectivity index (χ3v) is 4.47. The number of hydrogen-bond donors (Lipinski definition) is 1. The minimum atomic E-state index is 0.243. The van der Waals surface area contributed by atoms with Crippen LogP contribution in [0.4, 0.5) is 0 Å². The molecule has 2 aromatic rings. The van der Waals surface area contributed by atoms with Crippen LogP contribution in [-0.2, 0) is 6.42 Å². The first-order chi connectivity index (χ1) is 10.00. The molecule has 0 amide bonds. The molecule has 3 rings (SSSR count). The van der Waals surface area contributed by atoms with Gasteiger partial charge < -0.3 is 5.32 Å². The number of nitrogens with one attached hydrogen (secondary N) is 1. The summed E-state index contributed by atoms with van der Waals surface area (Å²) >= 11 is 6.26. The Morgan fingerprint density at radius 1 is 1.29 bits per heavy atom. The molecule has 1 heterocycles. The van der Waals surface area contributed by atoms with Crippen LogP contribution in [0.15, 0.2) is 30.5 Å². The molecule has 1 aromatic carbocycles. The molecule has 3 nitrogen and oxygen atoms in total. The smallest absolute Gasteiger partial charge is 0.160 e. The number of halogens is 1. The van der Waals surface area contributed by atoms with Crippen LogP contribution in [0.5, 0.6) is 0 Å². The second-order valence-corrected chi connectivity index (χ2v) is 6.87. The highest BCUT2D eigenvalue weighted by molar-refractivity contribution is 6.33. The van der Waals surface area contributed by atoms with Gasteiger partial charge in [0.05, 0.1) is 5.02 Å². The predicted octanol–water partition coefficient (Wildman–Crippen LogP) is 4.03. The van der Waals surface area contributed by atoms with Crippen LogP contribution in [0.25, 0.3) is 11.4 Å². The molecule has 4 heteroatoms. The molecule has 0 saturated heterocycles. The van der Waals surface area contributed by atoms with Gasteiger partial charge in [-0.1, -0.05) is 37.6 Å². The van der Waals surface area contributed by atoms with E-state index in [1.807, 2.05) is 37.5 Å². The van der Waals surface area contributed by atoms with E-state index in [2.05, 4.69) is 24.1 Å². The van der Waals surface area contributed by atoms with Crippen molar-refractivity contribution in [1.29, 1.82) is 0 Å². The summed E-state index contributed by atoms with van der Waals surface area (Å²) < 4.78 is 0. The van der Waals surface area contributed by atoms with E-state index in [4.69, 9.17) is 16.6 Å². The Hall–Kier alpha value is -1.45. The highest BCUT2D eigenvalue weighted by atomic mass is 35.5. The molecule has 21 heavy (non-hydrogen) atoms. The summed E-state index contributed by atoms with van der Waals surface area (Å²) in [6.45, 7) is 4.58. The molecule has 0 aliphatic heterocycles. The second-order valence-electron chi connectivity index (χ2n) is 6.46. The summed E-state index contributed by atoms with van der Waals surface area (Å²) in [6.07, 6.45) is 4.03. The van der Waals surface area contributed by atoms with Crippen LogP contribution in [0.2, 0.25) is 5.02 Å². The molecule has 1 unspecified atom stereocenters. The quantitative estimate of drug-likeness (QED) is 0.910. The zero-order valence-corrected chi connectivity index (χ0v) is 13.4. The van der Waals surface area contributed by atoms with Gasteiger partial charge in [-0.05, 0) is 37.4 Å². The van der Waals surface area contributed by atoms with Crippen molar-refractivity contribution in [2.75, 3.05) is 7.05 Å². The average molecular weight is 302 g/mol. The van der Waals surface area contributed by atoms with Crippen molar-refractivity contribution in [3.8, 4) is 11.4 Å². The third kappa shape index (κ3) is 2.81. The standard InChI is InChI=1S/C17H20ClN3/c1-17(2)8-14(19-3)12-10-20-16(21-15(12)9-17)11-6-4-5-7-13(11)18/h4-7,10,14,19H,8-9H2,1-3H3. The monoisotopic (exact) mass is 301 g/mol. The van der Waals surface area contributed by atoms with E-state index in [-0.39, 0.29) is 5.41 Å². The molecule has 110 valence electrons. The first-order valence-corrected chi connectivity index (χ1v) is 7.66. The zero-order valence-electron chi connectivity index (χ0n) is 12.7. The van der Waals surface area contributed by atoms with Crippen LogP contribution in [0.1, 0.15) is 37.6 Å². The van der Waals surface area contributed by atoms with Gasteiger partial charge >= 0.3 is 0 Å². The van der Waals surface area contributed by atoms with Crippen molar-refractivity contribution in [3.63, 3.8) is 0 Å². The van der Waals surface area contributed by atoms with Crippen LogP contribution in [0, 0.1) is 5.41 Å². The summed E-state index contributed by atoms with van der Waals surface area (Å²) in [7, 11) is 2.00. The van der Waals surface area contributed by atoms with Crippen LogP contribution >= 0.6 is 11.6 Å². The molecule has 1 aliphatic carbocycles. The number of hydrogen-bond acceptors (Lipinski definition) is 3. The summed E-state index contributed by atoms with van der Waals surface area (Å²) in [4.78, 5) is 9.34. The van der Waals surface area contributed by atoms with E-state index in [0.29, 0.717) is 16.9 Å². The van der Waals surface area contributed by atoms with Crippen LogP contribution < -0.4 is 5.32 Å². The summed E-state index contributed by atoms with van der Waals surface area (Å²) in [6, 6.07) is 8.05. The van der Waals surface area contributed by atoms with Crippen molar-refractivity contribution in [2.45, 2.75) is 32.7 Å². The van der Waals surface area contributed by atoms with Crippen molar-refractivity contribution >= 4 is 11.6 Å². The minimum Gasteiger partial charge on any atom is -0.313 e. The first-order valence-electron chi connectivity index (χ1n) is 7.28. The van der Waals surface area contributed by atoms with Crippen molar-refractivity contribution in [3.05, 3.63) is 46.7 Å². The van der Waals surface area contributed by atoms with E-state index in [1.54, 1.807) is 0 Å². The number of benzene rings is 1. The van der Waals surface area contributed by atoms with Gasteiger partial charge in [-0.25, -0.2) is 9.97 Å². The third-order valence-electron chi connectivity index (χ3n) is 4.14. The molecule has 0 spiro atoms. The van der Waals surface area contributed by atoms with E-state index in [1.165, 1.54) is 5.56 Å². The van der Waals surface area contributed by atoms with E-state index >= 15 is 0 Å². The zero-order chi connectivity index (χ0) is 15.0. The largest absolute Gasteiger partial charge is 0.313 e. The lowest BCUT2D eigenvalue weighted by Crippen LogP contribution is -2.32. The second kappa shape index (κ2) is 5.39. The van der Waals surface area contributed by atoms with Gasteiger partial charge in [0.1, 0.15) is 0 Å². The summed E-state index contributed by atoms with van der Waals surface area (Å²) in [5.74, 6) is 0.715. The van der Waals surface area contributed by atoms with E-state index in [0.717, 1.165) is 24.1 Å². The van der Waals surface area contributed by atoms with Gasteiger partial charge in [-0.15, -0.1) is 0 Å². The molecule has 0 saturated carbocycles. The number of rotatable bonds is 2. The topological polar surface area (TPSA) is 37.8 Å². The Labute approximate surface area is 130 Å². The van der Waals surface area contributed by atoms with Gasteiger partial charge in [-0.3, -0.25) is 0 Å². The van der Waals surface area contributed by atoms with Gasteiger partial charge in [0.25, 0.3) is 0 Å². The first kappa shape index (κ1) is 14.5. The molecule has 1 aromatic heterocycles. The summed E-state index contributed by atoms with van der Waals surface area (Å²) in [5.41, 5.74) is 3.49. The van der Waals surface area contributed by atoms with Gasteiger partial charge in [-0.2, -0.15) is 0 Å². The SMILES string of the molecule is CNC1CC(C)(C)Cc2nc(-c3ccccc3Cl)ncc21. The highest BCUT2D eigenvalue weighted by Crippen LogP contribution is 2.40. The van der Waals surface area contributed by atoms with Gasteiger partial charge in [0.2, 0.25) is 0 Å². The number of fused-ring (bicyclic) bond motifs is 1. The Kier molecular flexibility index (Phi) is 3.72. The van der Waals surface area contributed by atoms with Crippen molar-refractivity contribution in [1.82, 2.24) is 15.3 Å². The average Bonchev–Trinajstić information content (AvgIpc) is 2.45. The molecule has 0 radical (unpaired) electrons. The highest BCUT2D eigenvalue weighted by Gasteiger charge is 2.33. The number of aromatic nitrogens is 2. The Bertz CT molecular complexity index is 667. The molecule has 1 atom stereocenters. The normalized spacial score (nSPS) is 20.1. The van der Waals surface area contributed by atoms with Gasteiger partial charge in [0, 0.05) is 29.1 Å². The summed E-state index contributed by atoms with van der Waals surface area (Å²) in [5, 5.41) is 4.07. The Morgan fingerprint density at radius 2 is 2.05 bits per heavy atom. The van der Waals surface area contributed by atoms with Gasteiger partial charge in [0.15, 0.2) is 5.82 Å². The van der Waals surface area contributed by atoms with Crippen molar-refractivity contribution < 1.29 is 0 Å². The molecule has 1 N–H and O–H groups in total. The van der Waals surface area contributed by atoms with Crippen LogP contribution in [0.3, 0.4) is 0 Å². The predicted molar refractivity (Wildman–Crippen MR) is 86.4 cm³/mol. The van der Waals surface area contributed by atoms with Crippen LogP contribution in [-0.4, -0.2) is 17.0 Å². The Morgan fingerprint density at radius 3 is 2.76 bits per heavy atom. The molecular formula is C17H20ClN3. The number of nitrogens with zero attached hydrogens (tertiary/aromatic N) is 2. The van der Waals surface area contributed by atoms with E-state index in [9.17, 15) is 0 Å². The Balaban J connectivity index is 2.07. The lowest BCUT2D eigenvalue weighted by Gasteiger charge is -2.36. The van der Waals surface area contributed by atoms with E-state index < -0.39 is 0 Å². The molecular weight excluding hydrogens is 282 g/mol. The fourth-order valence-corrected chi connectivity index (χ4v) is 3.30.